The van der Waals surface area contributed by atoms with Crippen molar-refractivity contribution in [2.45, 2.75) is 58.0 Å². The van der Waals surface area contributed by atoms with Gasteiger partial charge >= 0.3 is 5.97 Å². The molecule has 0 aromatic carbocycles. The van der Waals surface area contributed by atoms with Gasteiger partial charge in [-0.1, -0.05) is 0 Å². The van der Waals surface area contributed by atoms with Gasteiger partial charge in [-0.3, -0.25) is 9.59 Å². The number of carboxylic acids is 1. The van der Waals surface area contributed by atoms with Gasteiger partial charge in [0, 0.05) is 25.0 Å². The highest BCUT2D eigenvalue weighted by molar-refractivity contribution is 5.81. The molecule has 0 heterocycles. The van der Waals surface area contributed by atoms with Gasteiger partial charge < -0.3 is 15.7 Å². The van der Waals surface area contributed by atoms with Crippen molar-refractivity contribution in [2.75, 3.05) is 6.54 Å². The minimum absolute atomic E-state index is 0.00183. The van der Waals surface area contributed by atoms with E-state index in [-0.39, 0.29) is 30.3 Å². The van der Waals surface area contributed by atoms with Crippen molar-refractivity contribution in [2.24, 2.45) is 23.5 Å². The fourth-order valence-corrected chi connectivity index (χ4v) is 3.92. The molecule has 0 aliphatic heterocycles. The minimum atomic E-state index is -0.808. The highest BCUT2D eigenvalue weighted by Gasteiger charge is 2.50. The predicted molar refractivity (Wildman–Crippen MR) is 76.0 cm³/mol. The van der Waals surface area contributed by atoms with Gasteiger partial charge in [0.15, 0.2) is 0 Å². The molecule has 4 atom stereocenters. The number of carbonyl (C=O) groups excluding carboxylic acids is 1. The van der Waals surface area contributed by atoms with Crippen LogP contribution in [-0.2, 0) is 9.59 Å². The molecule has 0 aromatic rings. The number of fused-ring (bicyclic) bond motifs is 2. The molecule has 0 spiro atoms. The average molecular weight is 282 g/mol. The Hall–Kier alpha value is -1.10. The summed E-state index contributed by atoms with van der Waals surface area (Å²) in [4.78, 5) is 25.2. The first kappa shape index (κ1) is 15.3. The molecule has 2 rings (SSSR count). The number of carbonyl (C=O) groups is 2. The molecule has 20 heavy (non-hydrogen) atoms. The molecule has 0 saturated heterocycles. The lowest BCUT2D eigenvalue weighted by Crippen LogP contribution is -2.49. The minimum Gasteiger partial charge on any atom is -0.481 e. The Kier molecular flexibility index (Phi) is 4.68. The standard InChI is InChI=1S/C15H26N2O3/c1-9(2)17(7-3-4-12(18)19)15(20)13-10-5-6-11(8-10)14(13)16/h9-11,13-14H,3-8,16H2,1-2H3,(H,18,19). The third kappa shape index (κ3) is 2.97. The van der Waals surface area contributed by atoms with Crippen LogP contribution in [0.5, 0.6) is 0 Å². The first-order valence-corrected chi connectivity index (χ1v) is 7.69. The molecule has 3 N–H and O–H groups in total. The summed E-state index contributed by atoms with van der Waals surface area (Å²) in [5.74, 6) is 0.258. The Morgan fingerprint density at radius 1 is 1.30 bits per heavy atom. The summed E-state index contributed by atoms with van der Waals surface area (Å²) < 4.78 is 0. The smallest absolute Gasteiger partial charge is 0.303 e. The molecular weight excluding hydrogens is 256 g/mol. The van der Waals surface area contributed by atoms with E-state index in [4.69, 9.17) is 10.8 Å². The summed E-state index contributed by atoms with van der Waals surface area (Å²) in [6.45, 7) is 4.48. The number of carboxylic acid groups (broad SMARTS) is 1. The zero-order valence-electron chi connectivity index (χ0n) is 12.4. The van der Waals surface area contributed by atoms with Crippen molar-refractivity contribution in [3.05, 3.63) is 0 Å². The summed E-state index contributed by atoms with van der Waals surface area (Å²) in [7, 11) is 0. The molecular formula is C15H26N2O3. The largest absolute Gasteiger partial charge is 0.481 e. The Morgan fingerprint density at radius 3 is 2.45 bits per heavy atom. The highest BCUT2D eigenvalue weighted by atomic mass is 16.4. The average Bonchev–Trinajstić information content (AvgIpc) is 2.93. The van der Waals surface area contributed by atoms with Crippen molar-refractivity contribution in [1.29, 1.82) is 0 Å². The van der Waals surface area contributed by atoms with Crippen molar-refractivity contribution < 1.29 is 14.7 Å². The number of nitrogens with zero attached hydrogens (tertiary/aromatic N) is 1. The van der Waals surface area contributed by atoms with E-state index in [1.807, 2.05) is 18.7 Å². The number of hydrogen-bond acceptors (Lipinski definition) is 3. The van der Waals surface area contributed by atoms with Gasteiger partial charge in [0.05, 0.1) is 5.92 Å². The van der Waals surface area contributed by atoms with Gasteiger partial charge in [0.25, 0.3) is 0 Å². The lowest BCUT2D eigenvalue weighted by Gasteiger charge is -2.35. The molecule has 2 saturated carbocycles. The fraction of sp³-hybridized carbons (Fsp3) is 0.867. The Balaban J connectivity index is 1.98. The third-order valence-electron chi connectivity index (χ3n) is 4.96. The van der Waals surface area contributed by atoms with E-state index in [0.717, 1.165) is 19.3 Å². The lowest BCUT2D eigenvalue weighted by molar-refractivity contribution is -0.141. The second-order valence-corrected chi connectivity index (χ2v) is 6.56. The van der Waals surface area contributed by atoms with Gasteiger partial charge in [-0.2, -0.15) is 0 Å². The van der Waals surface area contributed by atoms with Crippen LogP contribution < -0.4 is 5.73 Å². The third-order valence-corrected chi connectivity index (χ3v) is 4.96. The summed E-state index contributed by atoms with van der Waals surface area (Å²) in [5.41, 5.74) is 6.24. The van der Waals surface area contributed by atoms with Crippen molar-refractivity contribution in [3.8, 4) is 0 Å². The van der Waals surface area contributed by atoms with Crippen LogP contribution in [0, 0.1) is 17.8 Å². The van der Waals surface area contributed by atoms with Crippen molar-refractivity contribution in [1.82, 2.24) is 4.90 Å². The molecule has 5 heteroatoms. The number of amides is 1. The van der Waals surface area contributed by atoms with E-state index < -0.39 is 5.97 Å². The number of nitrogens with two attached hydrogens (primary N) is 1. The number of aliphatic carboxylic acids is 1. The van der Waals surface area contributed by atoms with Crippen LogP contribution in [0.2, 0.25) is 0 Å². The van der Waals surface area contributed by atoms with Crippen LogP contribution in [0.25, 0.3) is 0 Å². The predicted octanol–water partition coefficient (Wildman–Crippen LogP) is 1.46. The number of hydrogen-bond donors (Lipinski definition) is 2. The Labute approximate surface area is 120 Å². The monoisotopic (exact) mass is 282 g/mol. The van der Waals surface area contributed by atoms with Crippen molar-refractivity contribution >= 4 is 11.9 Å². The Bertz CT molecular complexity index is 381. The summed E-state index contributed by atoms with van der Waals surface area (Å²) in [5, 5.41) is 8.72. The van der Waals surface area contributed by atoms with Gasteiger partial charge in [0.2, 0.25) is 5.91 Å². The maximum Gasteiger partial charge on any atom is 0.303 e. The maximum absolute atomic E-state index is 12.8. The number of rotatable bonds is 6. The van der Waals surface area contributed by atoms with E-state index >= 15 is 0 Å². The Morgan fingerprint density at radius 2 is 1.95 bits per heavy atom. The quantitative estimate of drug-likeness (QED) is 0.772. The second-order valence-electron chi connectivity index (χ2n) is 6.56. The summed E-state index contributed by atoms with van der Waals surface area (Å²) in [6.07, 6.45) is 4.00. The summed E-state index contributed by atoms with van der Waals surface area (Å²) >= 11 is 0. The van der Waals surface area contributed by atoms with Crippen LogP contribution in [0.3, 0.4) is 0 Å². The summed E-state index contributed by atoms with van der Waals surface area (Å²) in [6, 6.07) is 0.101. The molecule has 5 nitrogen and oxygen atoms in total. The molecule has 0 aromatic heterocycles. The molecule has 2 aliphatic rings. The maximum atomic E-state index is 12.8. The normalized spacial score (nSPS) is 31.8. The second kappa shape index (κ2) is 6.12. The molecule has 2 fully saturated rings. The van der Waals surface area contributed by atoms with Crippen LogP contribution in [0.4, 0.5) is 0 Å². The van der Waals surface area contributed by atoms with E-state index in [1.54, 1.807) is 0 Å². The lowest BCUT2D eigenvalue weighted by atomic mass is 9.83. The zero-order chi connectivity index (χ0) is 14.9. The van der Waals surface area contributed by atoms with Crippen LogP contribution >= 0.6 is 0 Å². The van der Waals surface area contributed by atoms with Gasteiger partial charge in [-0.15, -0.1) is 0 Å². The first-order valence-electron chi connectivity index (χ1n) is 7.69. The van der Waals surface area contributed by atoms with Crippen LogP contribution in [-0.4, -0.2) is 40.5 Å². The van der Waals surface area contributed by atoms with Crippen LogP contribution in [0.1, 0.15) is 46.0 Å². The van der Waals surface area contributed by atoms with Crippen molar-refractivity contribution in [3.63, 3.8) is 0 Å². The van der Waals surface area contributed by atoms with E-state index in [0.29, 0.717) is 24.8 Å². The zero-order valence-corrected chi connectivity index (χ0v) is 12.4. The molecule has 114 valence electrons. The highest BCUT2D eigenvalue weighted by Crippen LogP contribution is 2.48. The molecule has 0 radical (unpaired) electrons. The van der Waals surface area contributed by atoms with E-state index in [9.17, 15) is 9.59 Å². The molecule has 2 aliphatic carbocycles. The fourth-order valence-electron chi connectivity index (χ4n) is 3.92. The van der Waals surface area contributed by atoms with Gasteiger partial charge in [0.1, 0.15) is 0 Å². The van der Waals surface area contributed by atoms with E-state index in [1.165, 1.54) is 0 Å². The van der Waals surface area contributed by atoms with Crippen LogP contribution in [0.15, 0.2) is 0 Å². The molecule has 4 unspecified atom stereocenters. The molecule has 2 bridgehead atoms. The first-order chi connectivity index (χ1) is 9.41. The van der Waals surface area contributed by atoms with Gasteiger partial charge in [-0.25, -0.2) is 0 Å². The molecule has 1 amide bonds. The van der Waals surface area contributed by atoms with Gasteiger partial charge in [-0.05, 0) is 51.4 Å². The topological polar surface area (TPSA) is 83.6 Å². The SMILES string of the molecule is CC(C)N(CCCC(=O)O)C(=O)C1C2CCC(C2)C1N. The van der Waals surface area contributed by atoms with E-state index in [2.05, 4.69) is 0 Å².